The summed E-state index contributed by atoms with van der Waals surface area (Å²) in [6, 6.07) is 0. The summed E-state index contributed by atoms with van der Waals surface area (Å²) >= 11 is 0. The van der Waals surface area contributed by atoms with Crippen LogP contribution in [0.2, 0.25) is 0 Å². The van der Waals surface area contributed by atoms with Crippen LogP contribution in [0.15, 0.2) is 36.7 Å². The molecule has 2 N–H and O–H groups in total. The first-order chi connectivity index (χ1) is 5.45. The molecule has 0 aromatic heterocycles. The van der Waals surface area contributed by atoms with Crippen molar-refractivity contribution in [3.05, 3.63) is 47.1 Å². The molecule has 0 aromatic rings. The Morgan fingerprint density at radius 2 is 1.25 bits per heavy atom. The molecule has 0 aliphatic rings. The fraction of sp³-hybridized carbons (Fsp3) is 0.250. The van der Waals surface area contributed by atoms with E-state index in [-0.39, 0.29) is 10.1 Å². The Kier molecular flexibility index (Phi) is 4.46. The zero-order valence-electron chi connectivity index (χ0n) is 7.39. The topological polar surface area (TPSA) is 55.0 Å². The molecule has 4 nitrogen and oxygen atoms in total. The Morgan fingerprint density at radius 3 is 1.42 bits per heavy atom. The zero-order valence-corrected chi connectivity index (χ0v) is 7.39. The number of allylic oxidation sites excluding steroid dienone is 2. The fourth-order valence-corrected chi connectivity index (χ4v) is 0.436. The number of nitrogens with one attached hydrogen (secondary N) is 2. The summed E-state index contributed by atoms with van der Waals surface area (Å²) in [6.45, 7) is 6.99. The molecule has 0 saturated heterocycles. The molecule has 0 heterocycles. The van der Waals surface area contributed by atoms with Crippen LogP contribution < -0.4 is 10.1 Å². The van der Waals surface area contributed by atoms with Crippen molar-refractivity contribution in [1.82, 2.24) is 0 Å². The lowest BCUT2D eigenvalue weighted by molar-refractivity contribution is -0.780. The highest BCUT2D eigenvalue weighted by Gasteiger charge is 1.94. The van der Waals surface area contributed by atoms with Gasteiger partial charge in [-0.3, -0.25) is 0 Å². The largest absolute Gasteiger partial charge is 0.629 e. The van der Waals surface area contributed by atoms with Crippen LogP contribution >= 0.6 is 0 Å². The Morgan fingerprint density at radius 1 is 1.00 bits per heavy atom. The average Bonchev–Trinajstić information content (AvgIpc) is 1.98. The molecular weight excluding hydrogens is 156 g/mol. The number of hydroxylamine groups is 4. The molecular formula is C8H14N2O2. The van der Waals surface area contributed by atoms with Gasteiger partial charge in [0.05, 0.1) is 14.1 Å². The fourth-order valence-electron chi connectivity index (χ4n) is 0.436. The average molecular weight is 170 g/mol. The molecule has 0 aliphatic carbocycles. The maximum absolute atomic E-state index is 10.7. The molecule has 2 unspecified atom stereocenters. The van der Waals surface area contributed by atoms with Crippen LogP contribution in [0, 0.1) is 10.4 Å². The van der Waals surface area contributed by atoms with Crippen LogP contribution in [0.25, 0.3) is 0 Å². The van der Waals surface area contributed by atoms with Crippen molar-refractivity contribution in [2.45, 2.75) is 0 Å². The monoisotopic (exact) mass is 170 g/mol. The van der Waals surface area contributed by atoms with Gasteiger partial charge in [-0.2, -0.15) is 0 Å². The number of rotatable bonds is 4. The maximum atomic E-state index is 10.7. The third kappa shape index (κ3) is 4.05. The van der Waals surface area contributed by atoms with E-state index in [0.717, 1.165) is 0 Å². The van der Waals surface area contributed by atoms with Crippen molar-refractivity contribution >= 4 is 0 Å². The summed E-state index contributed by atoms with van der Waals surface area (Å²) < 4.78 is 0. The minimum Gasteiger partial charge on any atom is -0.629 e. The Balaban J connectivity index is 4.08. The van der Waals surface area contributed by atoms with Crippen molar-refractivity contribution in [3.63, 3.8) is 0 Å². The Hall–Kier alpha value is -0.940. The molecule has 0 bridgehead atoms. The van der Waals surface area contributed by atoms with Crippen LogP contribution in [0.5, 0.6) is 0 Å². The van der Waals surface area contributed by atoms with Gasteiger partial charge >= 0.3 is 0 Å². The van der Waals surface area contributed by atoms with Crippen LogP contribution in [0.3, 0.4) is 0 Å². The summed E-state index contributed by atoms with van der Waals surface area (Å²) in [5, 5.41) is 21.1. The second-order valence-corrected chi connectivity index (χ2v) is 2.50. The van der Waals surface area contributed by atoms with Gasteiger partial charge in [0.15, 0.2) is 0 Å². The third-order valence-corrected chi connectivity index (χ3v) is 1.39. The van der Waals surface area contributed by atoms with E-state index in [1.807, 2.05) is 0 Å². The van der Waals surface area contributed by atoms with Gasteiger partial charge in [-0.1, -0.05) is 0 Å². The lowest BCUT2D eigenvalue weighted by Crippen LogP contribution is -3.02. The summed E-state index contributed by atoms with van der Waals surface area (Å²) in [5.74, 6) is 0. The molecule has 0 aliphatic heterocycles. The molecule has 0 spiro atoms. The summed E-state index contributed by atoms with van der Waals surface area (Å²) in [7, 11) is 2.84. The van der Waals surface area contributed by atoms with Crippen molar-refractivity contribution < 1.29 is 10.1 Å². The van der Waals surface area contributed by atoms with E-state index in [4.69, 9.17) is 0 Å². The van der Waals surface area contributed by atoms with E-state index in [1.54, 1.807) is 0 Å². The lowest BCUT2D eigenvalue weighted by Gasteiger charge is -2.17. The quantitative estimate of drug-likeness (QED) is 0.402. The molecule has 0 saturated carbocycles. The van der Waals surface area contributed by atoms with Crippen LogP contribution in [-0.4, -0.2) is 14.1 Å². The zero-order chi connectivity index (χ0) is 9.72. The highest BCUT2D eigenvalue weighted by Crippen LogP contribution is 1.84. The summed E-state index contributed by atoms with van der Waals surface area (Å²) in [5.41, 5.74) is 0.745. The van der Waals surface area contributed by atoms with Gasteiger partial charge in [0.25, 0.3) is 0 Å². The van der Waals surface area contributed by atoms with Crippen LogP contribution in [0.1, 0.15) is 0 Å². The van der Waals surface area contributed by atoms with E-state index in [0.29, 0.717) is 11.4 Å². The predicted octanol–water partition coefficient (Wildman–Crippen LogP) is -1.40. The van der Waals surface area contributed by atoms with Crippen molar-refractivity contribution in [3.8, 4) is 0 Å². The van der Waals surface area contributed by atoms with Gasteiger partial charge in [-0.15, -0.1) is 0 Å². The first-order valence-electron chi connectivity index (χ1n) is 3.53. The van der Waals surface area contributed by atoms with Crippen LogP contribution in [-0.2, 0) is 0 Å². The summed E-state index contributed by atoms with van der Waals surface area (Å²) in [4.78, 5) is 0. The number of hydrogen-bond acceptors (Lipinski definition) is 2. The molecule has 4 heteroatoms. The Bertz CT molecular complexity index is 185. The molecule has 0 aromatic carbocycles. The third-order valence-electron chi connectivity index (χ3n) is 1.39. The SMILES string of the molecule is C=C(/C=C\C(=C)[NH+](C)[O-])[NH+](C)[O-]. The Labute approximate surface area is 72.2 Å². The predicted molar refractivity (Wildman–Crippen MR) is 47.9 cm³/mol. The number of quaternary nitrogens is 2. The second kappa shape index (κ2) is 4.84. The van der Waals surface area contributed by atoms with Crippen LogP contribution in [0.4, 0.5) is 0 Å². The number of likely N-dealkylation sites (N-methyl/N-ethyl adjacent to an activating group) is 2. The van der Waals surface area contributed by atoms with E-state index >= 15 is 0 Å². The maximum Gasteiger partial charge on any atom is 0.123 e. The molecule has 68 valence electrons. The lowest BCUT2D eigenvalue weighted by atomic mass is 10.3. The summed E-state index contributed by atoms with van der Waals surface area (Å²) in [6.07, 6.45) is 2.98. The molecule has 0 amide bonds. The van der Waals surface area contributed by atoms with Gasteiger partial charge in [-0.05, 0) is 13.2 Å². The standard InChI is InChI=1S/C8H14N2O2/c1-7(9(3)11)5-6-8(2)10(4)12/h5-6,9-10H,1-2H2,3-4H3/b6-5-. The van der Waals surface area contributed by atoms with Gasteiger partial charge in [0.2, 0.25) is 0 Å². The minimum atomic E-state index is -0.109. The highest BCUT2D eigenvalue weighted by atomic mass is 16.5. The van der Waals surface area contributed by atoms with Gasteiger partial charge in [-0.25, -0.2) is 0 Å². The van der Waals surface area contributed by atoms with Crippen molar-refractivity contribution in [2.24, 2.45) is 0 Å². The van der Waals surface area contributed by atoms with Gasteiger partial charge in [0.1, 0.15) is 11.4 Å². The molecule has 0 fully saturated rings. The first kappa shape index (κ1) is 11.1. The molecule has 0 rings (SSSR count). The van der Waals surface area contributed by atoms with E-state index in [9.17, 15) is 10.4 Å². The molecule has 2 atom stereocenters. The first-order valence-corrected chi connectivity index (χ1v) is 3.53. The minimum absolute atomic E-state index is 0.109. The van der Waals surface area contributed by atoms with Gasteiger partial charge < -0.3 is 20.5 Å². The van der Waals surface area contributed by atoms with Crippen molar-refractivity contribution in [2.75, 3.05) is 14.1 Å². The smallest absolute Gasteiger partial charge is 0.123 e. The number of hydrogen-bond donors (Lipinski definition) is 2. The van der Waals surface area contributed by atoms with Gasteiger partial charge in [0, 0.05) is 12.2 Å². The van der Waals surface area contributed by atoms with E-state index in [2.05, 4.69) is 13.2 Å². The molecule has 0 radical (unpaired) electrons. The second-order valence-electron chi connectivity index (χ2n) is 2.50. The molecule has 12 heavy (non-hydrogen) atoms. The van der Waals surface area contributed by atoms with E-state index < -0.39 is 0 Å². The highest BCUT2D eigenvalue weighted by molar-refractivity contribution is 5.15. The van der Waals surface area contributed by atoms with E-state index in [1.165, 1.54) is 26.2 Å². The normalized spacial score (nSPS) is 16.0. The van der Waals surface area contributed by atoms with Crippen molar-refractivity contribution in [1.29, 1.82) is 0 Å².